The van der Waals surface area contributed by atoms with Gasteiger partial charge in [0.1, 0.15) is 0 Å². The number of hydrogen-bond donors (Lipinski definition) is 0. The van der Waals surface area contributed by atoms with Gasteiger partial charge in [-0.1, -0.05) is 12.1 Å². The molecule has 0 saturated heterocycles. The third-order valence-electron chi connectivity index (χ3n) is 1.58. The highest BCUT2D eigenvalue weighted by Gasteiger charge is 1.94. The molecule has 1 aromatic carbocycles. The molecule has 1 radical (unpaired) electrons. The molecule has 2 rings (SSSR count). The van der Waals surface area contributed by atoms with Crippen LogP contribution in [0, 0.1) is 11.3 Å². The third-order valence-corrected chi connectivity index (χ3v) is 1.58. The third kappa shape index (κ3) is 1.03. The largest absolute Gasteiger partial charge is 0.619 e. The normalized spacial score (nSPS) is 10.2. The topological polar surface area (TPSA) is 26.9 Å². The number of rotatable bonds is 0. The van der Waals surface area contributed by atoms with Crippen molar-refractivity contribution in [1.82, 2.24) is 0 Å². The predicted octanol–water partition coefficient (Wildman–Crippen LogP) is 1.27. The van der Waals surface area contributed by atoms with Gasteiger partial charge in [-0.2, -0.15) is 4.73 Å². The van der Waals surface area contributed by atoms with Gasteiger partial charge in [0.2, 0.25) is 0 Å². The van der Waals surface area contributed by atoms with Crippen molar-refractivity contribution >= 4 is 10.8 Å². The van der Waals surface area contributed by atoms with Crippen LogP contribution >= 0.6 is 0 Å². The molecule has 0 fully saturated rings. The maximum atomic E-state index is 10.8. The molecular formula is C9H6NO. The Labute approximate surface area is 64.3 Å². The summed E-state index contributed by atoms with van der Waals surface area (Å²) in [7, 11) is 0. The summed E-state index contributed by atoms with van der Waals surface area (Å²) in [6.45, 7) is 0. The fraction of sp³-hybridized carbons (Fsp3) is 0. The Morgan fingerprint density at radius 2 is 2.27 bits per heavy atom. The van der Waals surface area contributed by atoms with E-state index in [9.17, 15) is 5.21 Å². The molecule has 0 aliphatic rings. The summed E-state index contributed by atoms with van der Waals surface area (Å²) in [5, 5.41) is 12.7. The van der Waals surface area contributed by atoms with Crippen molar-refractivity contribution in [3.63, 3.8) is 0 Å². The summed E-state index contributed by atoms with van der Waals surface area (Å²) in [6, 6.07) is 10.4. The zero-order chi connectivity index (χ0) is 7.68. The number of pyridine rings is 1. The van der Waals surface area contributed by atoms with Crippen molar-refractivity contribution in [2.24, 2.45) is 0 Å². The maximum Gasteiger partial charge on any atom is 0.188 e. The van der Waals surface area contributed by atoms with Crippen LogP contribution in [0.15, 0.2) is 36.7 Å². The lowest BCUT2D eigenvalue weighted by Crippen LogP contribution is -2.23. The molecule has 0 bridgehead atoms. The first-order chi connectivity index (χ1) is 5.36. The SMILES string of the molecule is [O-][n+]1ccc2[c]cccc2c1. The minimum atomic E-state index is 0.788. The van der Waals surface area contributed by atoms with E-state index in [0.717, 1.165) is 15.5 Å². The molecule has 2 nitrogen and oxygen atoms in total. The summed E-state index contributed by atoms with van der Waals surface area (Å²) in [6.07, 6.45) is 3.00. The van der Waals surface area contributed by atoms with E-state index in [1.807, 2.05) is 18.2 Å². The van der Waals surface area contributed by atoms with Crippen molar-refractivity contribution in [3.05, 3.63) is 47.9 Å². The minimum Gasteiger partial charge on any atom is -0.619 e. The number of benzene rings is 1. The smallest absolute Gasteiger partial charge is 0.188 e. The van der Waals surface area contributed by atoms with Gasteiger partial charge in [0, 0.05) is 16.8 Å². The van der Waals surface area contributed by atoms with Crippen LogP contribution in [0.2, 0.25) is 0 Å². The molecule has 2 aromatic rings. The Morgan fingerprint density at radius 1 is 1.36 bits per heavy atom. The van der Waals surface area contributed by atoms with Crippen molar-refractivity contribution < 1.29 is 4.73 Å². The Bertz CT molecular complexity index is 384. The van der Waals surface area contributed by atoms with Gasteiger partial charge in [0.05, 0.1) is 0 Å². The average Bonchev–Trinajstić information content (AvgIpc) is 2.04. The molecule has 0 N–H and O–H groups in total. The number of hydrogen-bond acceptors (Lipinski definition) is 1. The van der Waals surface area contributed by atoms with E-state index in [4.69, 9.17) is 0 Å². The maximum absolute atomic E-state index is 10.8. The molecule has 0 aliphatic heterocycles. The summed E-state index contributed by atoms with van der Waals surface area (Å²) in [5.74, 6) is 0. The zero-order valence-electron chi connectivity index (χ0n) is 5.82. The van der Waals surface area contributed by atoms with Gasteiger partial charge in [-0.3, -0.25) is 0 Å². The molecule has 0 spiro atoms. The quantitative estimate of drug-likeness (QED) is 0.404. The summed E-state index contributed by atoms with van der Waals surface area (Å²) in [4.78, 5) is 0. The highest BCUT2D eigenvalue weighted by molar-refractivity contribution is 5.79. The van der Waals surface area contributed by atoms with Crippen LogP contribution in [-0.4, -0.2) is 0 Å². The molecule has 0 unspecified atom stereocenters. The fourth-order valence-corrected chi connectivity index (χ4v) is 1.05. The first kappa shape index (κ1) is 6.16. The monoisotopic (exact) mass is 144 g/mol. The second-order valence-electron chi connectivity index (χ2n) is 2.34. The van der Waals surface area contributed by atoms with Gasteiger partial charge in [-0.25, -0.2) is 0 Å². The molecule has 53 valence electrons. The van der Waals surface area contributed by atoms with Gasteiger partial charge in [0.15, 0.2) is 12.4 Å². The van der Waals surface area contributed by atoms with E-state index in [-0.39, 0.29) is 0 Å². The summed E-state index contributed by atoms with van der Waals surface area (Å²) >= 11 is 0. The van der Waals surface area contributed by atoms with Gasteiger partial charge >= 0.3 is 0 Å². The van der Waals surface area contributed by atoms with Gasteiger partial charge < -0.3 is 5.21 Å². The van der Waals surface area contributed by atoms with E-state index in [1.165, 1.54) is 12.4 Å². The number of aromatic nitrogens is 1. The van der Waals surface area contributed by atoms with Crippen LogP contribution in [0.4, 0.5) is 0 Å². The van der Waals surface area contributed by atoms with E-state index >= 15 is 0 Å². The highest BCUT2D eigenvalue weighted by Crippen LogP contribution is 2.08. The molecule has 1 aromatic heterocycles. The Hall–Kier alpha value is -1.57. The Kier molecular flexibility index (Phi) is 1.25. The van der Waals surface area contributed by atoms with E-state index in [0.29, 0.717) is 0 Å². The van der Waals surface area contributed by atoms with Gasteiger partial charge in [-0.15, -0.1) is 0 Å². The molecule has 11 heavy (non-hydrogen) atoms. The van der Waals surface area contributed by atoms with E-state index in [1.54, 1.807) is 6.07 Å². The number of fused-ring (bicyclic) bond motifs is 1. The zero-order valence-corrected chi connectivity index (χ0v) is 5.82. The second kappa shape index (κ2) is 2.23. The van der Waals surface area contributed by atoms with Gasteiger partial charge in [0.25, 0.3) is 0 Å². The molecular weight excluding hydrogens is 138 g/mol. The fourth-order valence-electron chi connectivity index (χ4n) is 1.05. The standard InChI is InChI=1S/C9H6NO/c11-10-6-5-8-3-1-2-4-9(8)7-10/h1-2,4-7H. The van der Waals surface area contributed by atoms with Crippen molar-refractivity contribution in [1.29, 1.82) is 0 Å². The first-order valence-electron chi connectivity index (χ1n) is 3.35. The van der Waals surface area contributed by atoms with Gasteiger partial charge in [-0.05, 0) is 12.1 Å². The van der Waals surface area contributed by atoms with Crippen molar-refractivity contribution in [3.8, 4) is 0 Å². The van der Waals surface area contributed by atoms with Crippen LogP contribution in [-0.2, 0) is 0 Å². The van der Waals surface area contributed by atoms with Crippen molar-refractivity contribution in [2.75, 3.05) is 0 Å². The lowest BCUT2D eigenvalue weighted by Gasteiger charge is -1.96. The molecule has 0 atom stereocenters. The Balaban J connectivity index is 2.83. The highest BCUT2D eigenvalue weighted by atomic mass is 16.5. The molecule has 0 amide bonds. The average molecular weight is 144 g/mol. The molecule has 0 saturated carbocycles. The second-order valence-corrected chi connectivity index (χ2v) is 2.34. The lowest BCUT2D eigenvalue weighted by atomic mass is 10.2. The van der Waals surface area contributed by atoms with E-state index in [2.05, 4.69) is 6.07 Å². The molecule has 1 heterocycles. The lowest BCUT2D eigenvalue weighted by molar-refractivity contribution is -0.603. The number of nitrogens with zero attached hydrogens (tertiary/aromatic N) is 1. The minimum absolute atomic E-state index is 0.788. The first-order valence-corrected chi connectivity index (χ1v) is 3.35. The van der Waals surface area contributed by atoms with Crippen LogP contribution in [0.25, 0.3) is 10.8 Å². The van der Waals surface area contributed by atoms with Crippen molar-refractivity contribution in [2.45, 2.75) is 0 Å². The Morgan fingerprint density at radius 3 is 3.18 bits per heavy atom. The molecule has 2 heteroatoms. The van der Waals surface area contributed by atoms with Crippen LogP contribution in [0.1, 0.15) is 0 Å². The van der Waals surface area contributed by atoms with Crippen LogP contribution < -0.4 is 4.73 Å². The predicted molar refractivity (Wildman–Crippen MR) is 41.7 cm³/mol. The summed E-state index contributed by atoms with van der Waals surface area (Å²) < 4.78 is 0.788. The van der Waals surface area contributed by atoms with Crippen LogP contribution in [0.3, 0.4) is 0 Å². The van der Waals surface area contributed by atoms with Crippen LogP contribution in [0.5, 0.6) is 0 Å². The molecule has 0 aliphatic carbocycles. The summed E-state index contributed by atoms with van der Waals surface area (Å²) in [5.41, 5.74) is 0. The van der Waals surface area contributed by atoms with E-state index < -0.39 is 0 Å².